The number of para-hydroxylation sites is 1. The highest BCUT2D eigenvalue weighted by atomic mass is 15.0. The molecule has 0 saturated heterocycles. The van der Waals surface area contributed by atoms with E-state index in [1.807, 2.05) is 0 Å². The number of hydrogen-bond acceptors (Lipinski definition) is 0. The molecule has 70 heavy (non-hydrogen) atoms. The second-order valence-electron chi connectivity index (χ2n) is 19.1. The molecule has 0 saturated carbocycles. The normalized spacial score (nSPS) is 13.3. The van der Waals surface area contributed by atoms with Gasteiger partial charge in [0.15, 0.2) is 0 Å². The van der Waals surface area contributed by atoms with E-state index in [9.17, 15) is 0 Å². The van der Waals surface area contributed by atoms with E-state index in [1.54, 1.807) is 0 Å². The molecule has 1 aromatic heterocycles. The Morgan fingerprint density at radius 1 is 0.357 bits per heavy atom. The van der Waals surface area contributed by atoms with Gasteiger partial charge in [0.25, 0.3) is 0 Å². The van der Waals surface area contributed by atoms with Crippen LogP contribution in [0, 0.1) is 0 Å². The summed E-state index contributed by atoms with van der Waals surface area (Å²) in [5.74, 6) is 0. The van der Waals surface area contributed by atoms with Crippen LogP contribution in [-0.4, -0.2) is 4.57 Å². The Bertz CT molecular complexity index is 4080. The molecule has 0 unspecified atom stereocenters. The number of hydrogen-bond donors (Lipinski definition) is 0. The lowest BCUT2D eigenvalue weighted by molar-refractivity contribution is 0.793. The van der Waals surface area contributed by atoms with E-state index >= 15 is 0 Å². The quantitative estimate of drug-likeness (QED) is 0.147. The van der Waals surface area contributed by atoms with Gasteiger partial charge in [-0.15, -0.1) is 0 Å². The Morgan fingerprint density at radius 2 is 0.886 bits per heavy atom. The maximum Gasteiger partial charge on any atom is 0.0725 e. The van der Waals surface area contributed by atoms with E-state index in [0.29, 0.717) is 0 Å². The molecule has 0 N–H and O–H groups in total. The van der Waals surface area contributed by atoms with Gasteiger partial charge in [-0.25, -0.2) is 0 Å². The van der Waals surface area contributed by atoms with Crippen LogP contribution in [0.5, 0.6) is 0 Å². The van der Waals surface area contributed by atoms with Crippen LogP contribution in [0.2, 0.25) is 0 Å². The van der Waals surface area contributed by atoms with Crippen LogP contribution in [0.1, 0.15) is 38.9 Å². The molecular formula is C69H43N. The Kier molecular flexibility index (Phi) is 8.35. The van der Waals surface area contributed by atoms with Crippen molar-refractivity contribution in [2.75, 3.05) is 0 Å². The third-order valence-corrected chi connectivity index (χ3v) is 15.6. The highest BCUT2D eigenvalue weighted by molar-refractivity contribution is 6.22. The van der Waals surface area contributed by atoms with Gasteiger partial charge in [0.05, 0.1) is 16.6 Å². The Labute approximate surface area is 407 Å². The van der Waals surface area contributed by atoms with Crippen LogP contribution in [0.3, 0.4) is 0 Å². The summed E-state index contributed by atoms with van der Waals surface area (Å²) in [5, 5.41) is 3.91. The summed E-state index contributed by atoms with van der Waals surface area (Å²) in [4.78, 5) is 0. The molecule has 3 aliphatic carbocycles. The minimum atomic E-state index is -0.424. The minimum Gasteiger partial charge on any atom is -0.309 e. The van der Waals surface area contributed by atoms with Gasteiger partial charge in [-0.2, -0.15) is 0 Å². The Balaban J connectivity index is 0.888. The number of benzene rings is 11. The summed E-state index contributed by atoms with van der Waals surface area (Å²) in [6.45, 7) is 0. The monoisotopic (exact) mass is 885 g/mol. The third kappa shape index (κ3) is 5.49. The molecule has 15 rings (SSSR count). The number of fused-ring (bicyclic) bond motifs is 15. The van der Waals surface area contributed by atoms with Crippen molar-refractivity contribution in [3.05, 3.63) is 294 Å². The van der Waals surface area contributed by atoms with Gasteiger partial charge in [-0.1, -0.05) is 224 Å². The molecule has 1 heteroatoms. The van der Waals surface area contributed by atoms with Crippen molar-refractivity contribution in [3.63, 3.8) is 0 Å². The third-order valence-electron chi connectivity index (χ3n) is 15.6. The first-order valence-electron chi connectivity index (χ1n) is 24.4. The molecule has 0 amide bonds. The zero-order chi connectivity index (χ0) is 45.9. The molecule has 3 aliphatic rings. The number of aromatic nitrogens is 1. The van der Waals surface area contributed by atoms with Gasteiger partial charge >= 0.3 is 0 Å². The first-order chi connectivity index (χ1) is 34.7. The molecule has 12 aromatic rings. The van der Waals surface area contributed by atoms with Crippen molar-refractivity contribution in [3.8, 4) is 72.6 Å². The van der Waals surface area contributed by atoms with E-state index < -0.39 is 5.41 Å². The van der Waals surface area contributed by atoms with E-state index in [1.165, 1.54) is 133 Å². The van der Waals surface area contributed by atoms with Crippen LogP contribution < -0.4 is 0 Å². The lowest BCUT2D eigenvalue weighted by atomic mass is 9.70. The fourth-order valence-corrected chi connectivity index (χ4v) is 12.6. The van der Waals surface area contributed by atoms with Crippen LogP contribution >= 0.6 is 0 Å². The zero-order valence-electron chi connectivity index (χ0n) is 38.3. The van der Waals surface area contributed by atoms with Crippen LogP contribution in [0.4, 0.5) is 0 Å². The zero-order valence-corrected chi connectivity index (χ0v) is 38.3. The van der Waals surface area contributed by atoms with E-state index in [2.05, 4.69) is 265 Å². The van der Waals surface area contributed by atoms with Gasteiger partial charge < -0.3 is 4.57 Å². The summed E-state index contributed by atoms with van der Waals surface area (Å²) in [6.07, 6.45) is 2.40. The average Bonchev–Trinajstić information content (AvgIpc) is 4.14. The van der Waals surface area contributed by atoms with Gasteiger partial charge in [0.1, 0.15) is 0 Å². The minimum absolute atomic E-state index is 0.424. The summed E-state index contributed by atoms with van der Waals surface area (Å²) >= 11 is 0. The lowest BCUT2D eigenvalue weighted by Gasteiger charge is -2.30. The Morgan fingerprint density at radius 3 is 1.59 bits per heavy atom. The first kappa shape index (κ1) is 39.0. The van der Waals surface area contributed by atoms with Crippen molar-refractivity contribution in [1.29, 1.82) is 0 Å². The number of rotatable bonds is 6. The maximum atomic E-state index is 2.51. The van der Waals surface area contributed by atoms with Gasteiger partial charge in [0.2, 0.25) is 0 Å². The van der Waals surface area contributed by atoms with Crippen LogP contribution in [0.25, 0.3) is 106 Å². The second-order valence-corrected chi connectivity index (χ2v) is 19.1. The summed E-state index contributed by atoms with van der Waals surface area (Å²) < 4.78 is 2.48. The SMILES string of the molecule is C(=C(/c1cccc(-c2ccccc2)c1)c1ccc2c(c1)C1(c3ccccc3-c3ccccc31)c1ccccc1-2)/c1ccc(-c2ccc3c4c(n(-c5ccccc5)c3c2)-c2cccc3cccc-4c23)cc1. The molecule has 11 aromatic carbocycles. The average molecular weight is 886 g/mol. The largest absolute Gasteiger partial charge is 0.309 e. The van der Waals surface area contributed by atoms with E-state index in [4.69, 9.17) is 0 Å². The molecular weight excluding hydrogens is 843 g/mol. The fraction of sp³-hybridized carbons (Fsp3) is 0.0145. The topological polar surface area (TPSA) is 4.93 Å². The van der Waals surface area contributed by atoms with Crippen molar-refractivity contribution in [1.82, 2.24) is 4.57 Å². The fourth-order valence-electron chi connectivity index (χ4n) is 12.6. The van der Waals surface area contributed by atoms with Crippen LogP contribution in [0.15, 0.2) is 255 Å². The second kappa shape index (κ2) is 15.0. The standard InChI is InChI=1S/C69H43N/c1-3-16-45(17-4-1)48-20-13-21-50(41-48)60(51-37-38-56-55-26-9-12-31-63(55)69(64(56)42-51)61-29-10-7-24-53(61)54-25-8-11-30-62(54)69)40-44-32-34-46(35-33-44)49-36-39-57-65(43-49)70(52-22-5-2-6-23-52)68-59-28-15-19-47-18-14-27-58(66(47)59)67(57)68/h1-43H/b60-40+. The predicted octanol–water partition coefficient (Wildman–Crippen LogP) is 17.7. The molecule has 0 atom stereocenters. The molecule has 0 radical (unpaired) electrons. The van der Waals surface area contributed by atoms with E-state index in [-0.39, 0.29) is 0 Å². The lowest BCUT2D eigenvalue weighted by Crippen LogP contribution is -2.25. The molecule has 0 bridgehead atoms. The van der Waals surface area contributed by atoms with Crippen LogP contribution in [-0.2, 0) is 5.41 Å². The molecule has 1 heterocycles. The molecule has 1 spiro atoms. The van der Waals surface area contributed by atoms with Crippen molar-refractivity contribution >= 4 is 33.3 Å². The molecule has 0 aliphatic heterocycles. The van der Waals surface area contributed by atoms with Gasteiger partial charge in [-0.05, 0) is 142 Å². The van der Waals surface area contributed by atoms with Gasteiger partial charge in [0, 0.05) is 22.2 Å². The summed E-state index contributed by atoms with van der Waals surface area (Å²) in [6, 6.07) is 94.8. The maximum absolute atomic E-state index is 2.51. The van der Waals surface area contributed by atoms with E-state index in [0.717, 1.165) is 5.56 Å². The first-order valence-corrected chi connectivity index (χ1v) is 24.4. The van der Waals surface area contributed by atoms with Crippen molar-refractivity contribution in [2.45, 2.75) is 5.41 Å². The predicted molar refractivity (Wildman–Crippen MR) is 292 cm³/mol. The molecule has 1 nitrogen and oxygen atoms in total. The molecule has 0 fully saturated rings. The Hall–Kier alpha value is -9.04. The van der Waals surface area contributed by atoms with Crippen molar-refractivity contribution < 1.29 is 0 Å². The van der Waals surface area contributed by atoms with Gasteiger partial charge in [-0.3, -0.25) is 0 Å². The summed E-state index contributed by atoms with van der Waals surface area (Å²) in [5.41, 5.74) is 27.3. The summed E-state index contributed by atoms with van der Waals surface area (Å²) in [7, 11) is 0. The molecule has 324 valence electrons. The number of nitrogens with zero attached hydrogens (tertiary/aromatic N) is 1. The highest BCUT2D eigenvalue weighted by Crippen LogP contribution is 2.63. The smallest absolute Gasteiger partial charge is 0.0725 e. The highest BCUT2D eigenvalue weighted by Gasteiger charge is 2.51. The van der Waals surface area contributed by atoms with Crippen molar-refractivity contribution in [2.24, 2.45) is 0 Å².